The smallest absolute Gasteiger partial charge is 0.166 e. The zero-order valence-corrected chi connectivity index (χ0v) is 9.95. The molecule has 4 fully saturated rings. The minimum Gasteiger partial charge on any atom is -0.365 e. The van der Waals surface area contributed by atoms with E-state index in [9.17, 15) is 5.11 Å². The summed E-state index contributed by atoms with van der Waals surface area (Å²) < 4.78 is 6.21. The minimum absolute atomic E-state index is 0.0957. The molecule has 16 heavy (non-hydrogen) atoms. The van der Waals surface area contributed by atoms with Gasteiger partial charge in [-0.2, -0.15) is 0 Å². The number of hydrogen-bond acceptors (Lipinski definition) is 2. The number of hydrogen-bond donors (Lipinski definition) is 1. The summed E-state index contributed by atoms with van der Waals surface area (Å²) in [6.07, 6.45) is 11.0. The van der Waals surface area contributed by atoms with Crippen LogP contribution in [0.3, 0.4) is 0 Å². The molecule has 2 heterocycles. The van der Waals surface area contributed by atoms with Gasteiger partial charge < -0.3 is 9.84 Å². The second-order valence-corrected chi connectivity index (χ2v) is 6.77. The first-order valence-corrected chi connectivity index (χ1v) is 7.12. The Morgan fingerprint density at radius 2 is 1.75 bits per heavy atom. The molecule has 2 aliphatic heterocycles. The Bertz CT molecular complexity index is 316. The first-order valence-electron chi connectivity index (χ1n) is 7.12. The number of ether oxygens (including phenoxy) is 1. The Balaban J connectivity index is 1.72. The first-order chi connectivity index (χ1) is 7.69. The highest BCUT2D eigenvalue weighted by atomic mass is 16.6. The van der Waals surface area contributed by atoms with Gasteiger partial charge in [0.2, 0.25) is 0 Å². The first kappa shape index (κ1) is 9.90. The summed E-state index contributed by atoms with van der Waals surface area (Å²) in [7, 11) is 0. The summed E-state index contributed by atoms with van der Waals surface area (Å²) in [6.45, 7) is 0. The molecule has 5 atom stereocenters. The summed E-state index contributed by atoms with van der Waals surface area (Å²) in [5.41, 5.74) is 0.0957. The summed E-state index contributed by atoms with van der Waals surface area (Å²) >= 11 is 0. The molecule has 2 heteroatoms. The molecule has 1 N–H and O–H groups in total. The quantitative estimate of drug-likeness (QED) is 0.683. The molecule has 90 valence electrons. The maximum Gasteiger partial charge on any atom is 0.166 e. The van der Waals surface area contributed by atoms with E-state index in [1.807, 2.05) is 0 Å². The van der Waals surface area contributed by atoms with Crippen molar-refractivity contribution in [2.45, 2.75) is 69.2 Å². The van der Waals surface area contributed by atoms with E-state index >= 15 is 0 Å². The Kier molecular flexibility index (Phi) is 1.87. The lowest BCUT2D eigenvalue weighted by molar-refractivity contribution is -0.224. The van der Waals surface area contributed by atoms with E-state index in [0.717, 1.165) is 24.7 Å². The maximum absolute atomic E-state index is 10.6. The summed E-state index contributed by atoms with van der Waals surface area (Å²) in [4.78, 5) is 0. The van der Waals surface area contributed by atoms with E-state index in [4.69, 9.17) is 4.74 Å². The fraction of sp³-hybridized carbons (Fsp3) is 1.00. The second-order valence-electron chi connectivity index (χ2n) is 6.77. The molecule has 2 aliphatic carbocycles. The van der Waals surface area contributed by atoms with Crippen molar-refractivity contribution in [2.75, 3.05) is 0 Å². The van der Waals surface area contributed by atoms with Gasteiger partial charge in [0.1, 0.15) is 0 Å². The van der Waals surface area contributed by atoms with Gasteiger partial charge in [-0.25, -0.2) is 0 Å². The maximum atomic E-state index is 10.6. The zero-order valence-electron chi connectivity index (χ0n) is 9.95. The van der Waals surface area contributed by atoms with Crippen molar-refractivity contribution >= 4 is 0 Å². The summed E-state index contributed by atoms with van der Waals surface area (Å²) in [6, 6.07) is 0. The predicted octanol–water partition coefficient (Wildman–Crippen LogP) is 2.84. The molecule has 4 aliphatic rings. The van der Waals surface area contributed by atoms with Gasteiger partial charge >= 0.3 is 0 Å². The van der Waals surface area contributed by atoms with Crippen LogP contribution < -0.4 is 0 Å². The highest BCUT2D eigenvalue weighted by Crippen LogP contribution is 2.60. The van der Waals surface area contributed by atoms with E-state index in [2.05, 4.69) is 0 Å². The molecular weight excluding hydrogens is 200 g/mol. The topological polar surface area (TPSA) is 29.5 Å². The molecule has 2 bridgehead atoms. The molecule has 0 radical (unpaired) electrons. The predicted molar refractivity (Wildman–Crippen MR) is 60.8 cm³/mol. The van der Waals surface area contributed by atoms with Crippen molar-refractivity contribution in [1.29, 1.82) is 0 Å². The monoisotopic (exact) mass is 222 g/mol. The molecule has 2 nitrogen and oxygen atoms in total. The Hall–Kier alpha value is -0.0800. The number of aliphatic hydroxyl groups is 1. The van der Waals surface area contributed by atoms with Gasteiger partial charge in [-0.05, 0) is 43.4 Å². The molecule has 0 amide bonds. The van der Waals surface area contributed by atoms with Gasteiger partial charge in [-0.15, -0.1) is 0 Å². The van der Waals surface area contributed by atoms with Gasteiger partial charge in [-0.1, -0.05) is 19.3 Å². The molecule has 4 rings (SSSR count). The Labute approximate surface area is 97.4 Å². The molecule has 0 aromatic rings. The van der Waals surface area contributed by atoms with Gasteiger partial charge in [-0.3, -0.25) is 0 Å². The van der Waals surface area contributed by atoms with E-state index in [0.29, 0.717) is 5.92 Å². The van der Waals surface area contributed by atoms with Crippen molar-refractivity contribution in [3.05, 3.63) is 0 Å². The highest BCUT2D eigenvalue weighted by Gasteiger charge is 2.61. The molecule has 0 unspecified atom stereocenters. The fourth-order valence-electron chi connectivity index (χ4n) is 5.28. The third-order valence-electron chi connectivity index (χ3n) is 5.86. The van der Waals surface area contributed by atoms with Crippen LogP contribution in [0.5, 0.6) is 0 Å². The molecular formula is C14H22O2. The second kappa shape index (κ2) is 3.02. The third kappa shape index (κ3) is 1.20. The van der Waals surface area contributed by atoms with E-state index in [1.54, 1.807) is 0 Å². The van der Waals surface area contributed by atoms with Gasteiger partial charge in [0.25, 0.3) is 0 Å². The summed E-state index contributed by atoms with van der Waals surface area (Å²) in [5, 5.41) is 10.6. The van der Waals surface area contributed by atoms with Crippen LogP contribution in [0.25, 0.3) is 0 Å². The minimum atomic E-state index is -0.741. The lowest BCUT2D eigenvalue weighted by atomic mass is 9.74. The molecule has 0 aromatic carbocycles. The van der Waals surface area contributed by atoms with Crippen LogP contribution in [0.1, 0.15) is 57.8 Å². The lowest BCUT2D eigenvalue weighted by Crippen LogP contribution is -2.34. The molecule has 0 aromatic heterocycles. The largest absolute Gasteiger partial charge is 0.365 e. The molecule has 1 spiro atoms. The lowest BCUT2D eigenvalue weighted by Gasteiger charge is -2.31. The van der Waals surface area contributed by atoms with Crippen molar-refractivity contribution in [1.82, 2.24) is 0 Å². The van der Waals surface area contributed by atoms with E-state index < -0.39 is 5.79 Å². The number of rotatable bonds is 0. The zero-order chi connectivity index (χ0) is 10.8. The van der Waals surface area contributed by atoms with Crippen LogP contribution in [-0.2, 0) is 4.74 Å². The van der Waals surface area contributed by atoms with Crippen LogP contribution >= 0.6 is 0 Å². The highest BCUT2D eigenvalue weighted by molar-refractivity contribution is 5.07. The average Bonchev–Trinajstić information content (AvgIpc) is 2.78. The Morgan fingerprint density at radius 1 is 0.938 bits per heavy atom. The van der Waals surface area contributed by atoms with Crippen LogP contribution in [0.2, 0.25) is 0 Å². The summed E-state index contributed by atoms with van der Waals surface area (Å²) in [5.74, 6) is 1.54. The van der Waals surface area contributed by atoms with Crippen molar-refractivity contribution in [3.63, 3.8) is 0 Å². The van der Waals surface area contributed by atoms with Crippen molar-refractivity contribution in [3.8, 4) is 0 Å². The third-order valence-corrected chi connectivity index (χ3v) is 5.86. The van der Waals surface area contributed by atoms with E-state index in [-0.39, 0.29) is 5.60 Å². The van der Waals surface area contributed by atoms with Gasteiger partial charge in [0.05, 0.1) is 5.60 Å². The average molecular weight is 222 g/mol. The SMILES string of the molecule is O[C@]12C[C@H]3CCC[C@H]3C[C@@]3(CCC[C@@H]3C1)O2. The number of fused-ring (bicyclic) bond motifs is 2. The van der Waals surface area contributed by atoms with Crippen LogP contribution in [0, 0.1) is 17.8 Å². The normalized spacial score (nSPS) is 59.4. The van der Waals surface area contributed by atoms with Gasteiger partial charge in [0, 0.05) is 12.8 Å². The van der Waals surface area contributed by atoms with Gasteiger partial charge in [0.15, 0.2) is 5.79 Å². The fourth-order valence-corrected chi connectivity index (χ4v) is 5.28. The molecule has 2 saturated carbocycles. The van der Waals surface area contributed by atoms with Crippen LogP contribution in [0.15, 0.2) is 0 Å². The Morgan fingerprint density at radius 3 is 2.62 bits per heavy atom. The van der Waals surface area contributed by atoms with Crippen LogP contribution in [0.4, 0.5) is 0 Å². The van der Waals surface area contributed by atoms with Crippen LogP contribution in [-0.4, -0.2) is 16.5 Å². The van der Waals surface area contributed by atoms with Crippen molar-refractivity contribution < 1.29 is 9.84 Å². The standard InChI is InChI=1S/C14H22O2/c15-14-8-11-4-1-3-10(11)7-13(16-14)6-2-5-12(13)9-14/h10-12,15H,1-9H2/t10-,11+,12+,13+,14-/m0/s1. The molecule has 2 saturated heterocycles. The van der Waals surface area contributed by atoms with E-state index in [1.165, 1.54) is 44.9 Å². The van der Waals surface area contributed by atoms with Crippen molar-refractivity contribution in [2.24, 2.45) is 17.8 Å².